The van der Waals surface area contributed by atoms with Gasteiger partial charge in [-0.2, -0.15) is 13.2 Å². The van der Waals surface area contributed by atoms with Crippen LogP contribution < -0.4 is 5.32 Å². The number of halogens is 4. The Morgan fingerprint density at radius 2 is 1.84 bits per heavy atom. The standard InChI is InChI=1S/C13H23ClF3NO/c14-9-12(5-2-1-3-6-12)10-18-7-4-8-19-11-13(15,16)17/h18H,1-11H2. The van der Waals surface area contributed by atoms with Crippen LogP contribution in [0.4, 0.5) is 13.2 Å². The quantitative estimate of drug-likeness (QED) is 0.545. The Morgan fingerprint density at radius 3 is 2.42 bits per heavy atom. The van der Waals surface area contributed by atoms with E-state index in [4.69, 9.17) is 11.6 Å². The lowest BCUT2D eigenvalue weighted by Crippen LogP contribution is -2.38. The summed E-state index contributed by atoms with van der Waals surface area (Å²) in [6, 6.07) is 0. The molecular weight excluding hydrogens is 279 g/mol. The van der Waals surface area contributed by atoms with Crippen molar-refractivity contribution in [1.82, 2.24) is 5.32 Å². The van der Waals surface area contributed by atoms with E-state index in [-0.39, 0.29) is 12.0 Å². The molecule has 1 fully saturated rings. The Morgan fingerprint density at radius 1 is 1.16 bits per heavy atom. The molecule has 0 saturated heterocycles. The minimum Gasteiger partial charge on any atom is -0.372 e. The second kappa shape index (κ2) is 8.32. The van der Waals surface area contributed by atoms with E-state index in [2.05, 4.69) is 10.1 Å². The van der Waals surface area contributed by atoms with E-state index in [1.54, 1.807) is 0 Å². The first-order chi connectivity index (χ1) is 8.97. The van der Waals surface area contributed by atoms with Crippen molar-refractivity contribution in [3.8, 4) is 0 Å². The SMILES string of the molecule is FC(F)(F)COCCCNCC1(CCl)CCCCC1. The highest BCUT2D eigenvalue weighted by Crippen LogP contribution is 2.36. The summed E-state index contributed by atoms with van der Waals surface area (Å²) in [6.07, 6.45) is 2.39. The fourth-order valence-corrected chi connectivity index (χ4v) is 2.86. The molecule has 0 aromatic carbocycles. The highest BCUT2D eigenvalue weighted by molar-refractivity contribution is 6.18. The van der Waals surface area contributed by atoms with Crippen molar-refractivity contribution in [3.05, 3.63) is 0 Å². The fourth-order valence-electron chi connectivity index (χ4n) is 2.50. The molecule has 0 bridgehead atoms. The van der Waals surface area contributed by atoms with Crippen molar-refractivity contribution in [3.63, 3.8) is 0 Å². The van der Waals surface area contributed by atoms with Crippen LogP contribution in [0, 0.1) is 5.41 Å². The van der Waals surface area contributed by atoms with Gasteiger partial charge in [0.1, 0.15) is 6.61 Å². The molecule has 1 rings (SSSR count). The minimum atomic E-state index is -4.22. The lowest BCUT2D eigenvalue weighted by Gasteiger charge is -2.35. The normalized spacial score (nSPS) is 19.6. The van der Waals surface area contributed by atoms with E-state index >= 15 is 0 Å². The molecule has 0 radical (unpaired) electrons. The van der Waals surface area contributed by atoms with Gasteiger partial charge in [-0.3, -0.25) is 0 Å². The van der Waals surface area contributed by atoms with Crippen LogP contribution in [0.5, 0.6) is 0 Å². The van der Waals surface area contributed by atoms with Crippen molar-refractivity contribution >= 4 is 11.6 Å². The van der Waals surface area contributed by atoms with E-state index in [9.17, 15) is 13.2 Å². The number of nitrogens with one attached hydrogen (secondary N) is 1. The van der Waals surface area contributed by atoms with E-state index in [1.165, 1.54) is 19.3 Å². The molecule has 0 atom stereocenters. The average molecular weight is 302 g/mol. The van der Waals surface area contributed by atoms with Gasteiger partial charge in [0.2, 0.25) is 0 Å². The van der Waals surface area contributed by atoms with Crippen molar-refractivity contribution < 1.29 is 17.9 Å². The first kappa shape index (κ1) is 17.1. The molecule has 0 aromatic rings. The van der Waals surface area contributed by atoms with Crippen LogP contribution in [0.3, 0.4) is 0 Å². The molecule has 1 aliphatic rings. The molecule has 0 spiro atoms. The summed E-state index contributed by atoms with van der Waals surface area (Å²) in [4.78, 5) is 0. The molecule has 19 heavy (non-hydrogen) atoms. The third-order valence-electron chi connectivity index (χ3n) is 3.61. The maximum Gasteiger partial charge on any atom is 0.411 e. The maximum absolute atomic E-state index is 11.8. The largest absolute Gasteiger partial charge is 0.411 e. The lowest BCUT2D eigenvalue weighted by molar-refractivity contribution is -0.173. The van der Waals surface area contributed by atoms with Crippen LogP contribution in [-0.4, -0.2) is 38.4 Å². The molecule has 6 heteroatoms. The predicted molar refractivity (Wildman–Crippen MR) is 70.6 cm³/mol. The van der Waals surface area contributed by atoms with Gasteiger partial charge in [0.25, 0.3) is 0 Å². The van der Waals surface area contributed by atoms with E-state index in [0.717, 1.165) is 19.4 Å². The van der Waals surface area contributed by atoms with Gasteiger partial charge in [-0.05, 0) is 31.2 Å². The molecular formula is C13H23ClF3NO. The van der Waals surface area contributed by atoms with Gasteiger partial charge in [-0.1, -0.05) is 19.3 Å². The van der Waals surface area contributed by atoms with Crippen molar-refractivity contribution in [2.24, 2.45) is 5.41 Å². The van der Waals surface area contributed by atoms with E-state index in [1.807, 2.05) is 0 Å². The van der Waals surface area contributed by atoms with Gasteiger partial charge in [0.05, 0.1) is 0 Å². The number of ether oxygens (including phenoxy) is 1. The van der Waals surface area contributed by atoms with Gasteiger partial charge in [0.15, 0.2) is 0 Å². The summed E-state index contributed by atoms with van der Waals surface area (Å²) >= 11 is 6.06. The Kier molecular flexibility index (Phi) is 7.47. The lowest BCUT2D eigenvalue weighted by atomic mass is 9.75. The summed E-state index contributed by atoms with van der Waals surface area (Å²) in [5.41, 5.74) is 0.187. The molecule has 1 saturated carbocycles. The third kappa shape index (κ3) is 7.37. The molecule has 0 amide bonds. The number of alkyl halides is 4. The van der Waals surface area contributed by atoms with Crippen LogP contribution in [0.1, 0.15) is 38.5 Å². The summed E-state index contributed by atoms with van der Waals surface area (Å²) < 4.78 is 40.0. The molecule has 0 heterocycles. The van der Waals surface area contributed by atoms with Gasteiger partial charge in [0, 0.05) is 19.0 Å². The van der Waals surface area contributed by atoms with Crippen LogP contribution in [0.15, 0.2) is 0 Å². The number of hydrogen-bond acceptors (Lipinski definition) is 2. The van der Waals surface area contributed by atoms with Crippen molar-refractivity contribution in [2.45, 2.75) is 44.7 Å². The maximum atomic E-state index is 11.8. The highest BCUT2D eigenvalue weighted by Gasteiger charge is 2.30. The van der Waals surface area contributed by atoms with Crippen LogP contribution in [0.2, 0.25) is 0 Å². The summed E-state index contributed by atoms with van der Waals surface area (Å²) in [5.74, 6) is 0.657. The minimum absolute atomic E-state index is 0.139. The highest BCUT2D eigenvalue weighted by atomic mass is 35.5. The van der Waals surface area contributed by atoms with Gasteiger partial charge < -0.3 is 10.1 Å². The number of hydrogen-bond donors (Lipinski definition) is 1. The monoisotopic (exact) mass is 301 g/mol. The number of rotatable bonds is 8. The first-order valence-electron chi connectivity index (χ1n) is 6.89. The molecule has 2 nitrogen and oxygen atoms in total. The first-order valence-corrected chi connectivity index (χ1v) is 7.42. The van der Waals surface area contributed by atoms with E-state index < -0.39 is 12.8 Å². The van der Waals surface area contributed by atoms with E-state index in [0.29, 0.717) is 18.8 Å². The Balaban J connectivity index is 2.03. The molecule has 0 unspecified atom stereocenters. The zero-order valence-electron chi connectivity index (χ0n) is 11.2. The van der Waals surface area contributed by atoms with Gasteiger partial charge >= 0.3 is 6.18 Å². The zero-order chi connectivity index (χ0) is 14.2. The summed E-state index contributed by atoms with van der Waals surface area (Å²) in [7, 11) is 0. The van der Waals surface area contributed by atoms with Crippen LogP contribution in [0.25, 0.3) is 0 Å². The Hall–Kier alpha value is 0. The van der Waals surface area contributed by atoms with Crippen molar-refractivity contribution in [2.75, 3.05) is 32.2 Å². The molecule has 0 aliphatic heterocycles. The van der Waals surface area contributed by atoms with Gasteiger partial charge in [-0.25, -0.2) is 0 Å². The second-order valence-corrected chi connectivity index (χ2v) is 5.66. The Bertz CT molecular complexity index is 243. The summed E-state index contributed by atoms with van der Waals surface area (Å²) in [6.45, 7) is 0.519. The average Bonchev–Trinajstić information content (AvgIpc) is 2.37. The smallest absolute Gasteiger partial charge is 0.372 e. The zero-order valence-corrected chi connectivity index (χ0v) is 12.0. The Labute approximate surface area is 118 Å². The fraction of sp³-hybridized carbons (Fsp3) is 1.00. The van der Waals surface area contributed by atoms with Crippen LogP contribution in [-0.2, 0) is 4.74 Å². The van der Waals surface area contributed by atoms with Gasteiger partial charge in [-0.15, -0.1) is 11.6 Å². The van der Waals surface area contributed by atoms with Crippen LogP contribution >= 0.6 is 11.6 Å². The summed E-state index contributed by atoms with van der Waals surface area (Å²) in [5, 5.41) is 3.30. The molecule has 0 aromatic heterocycles. The molecule has 1 aliphatic carbocycles. The predicted octanol–water partition coefficient (Wildman–Crippen LogP) is 3.73. The third-order valence-corrected chi connectivity index (χ3v) is 4.17. The van der Waals surface area contributed by atoms with Crippen molar-refractivity contribution in [1.29, 1.82) is 0 Å². The molecule has 1 N–H and O–H groups in total. The topological polar surface area (TPSA) is 21.3 Å². The molecule has 114 valence electrons. The second-order valence-electron chi connectivity index (χ2n) is 5.39.